The van der Waals surface area contributed by atoms with Gasteiger partial charge in [-0.15, -0.1) is 0 Å². The van der Waals surface area contributed by atoms with Gasteiger partial charge in [-0.2, -0.15) is 0 Å². The predicted octanol–water partition coefficient (Wildman–Crippen LogP) is 2.00. The maximum Gasteiger partial charge on any atom is 0.333 e. The number of rotatable bonds is 8. The van der Waals surface area contributed by atoms with Gasteiger partial charge in [0.05, 0.1) is 19.5 Å². The van der Waals surface area contributed by atoms with Crippen molar-refractivity contribution < 1.29 is 9.53 Å². The van der Waals surface area contributed by atoms with Crippen molar-refractivity contribution in [2.45, 2.75) is 26.6 Å². The van der Waals surface area contributed by atoms with E-state index < -0.39 is 23.7 Å². The van der Waals surface area contributed by atoms with Gasteiger partial charge in [-0.25, -0.2) is 14.3 Å². The average Bonchev–Trinajstić information content (AvgIpc) is 3.24. The lowest BCUT2D eigenvalue weighted by molar-refractivity contribution is -0.116. The number of hydrogen-bond donors (Lipinski definition) is 1. The molecule has 0 atom stereocenters. The van der Waals surface area contributed by atoms with E-state index in [9.17, 15) is 14.4 Å². The SMILES string of the molecule is COCCn1cnc2c1c(=O)n(CC(=O)Nc1ccc(C)cc1)c(=O)n2Cc1ccccc1. The quantitative estimate of drug-likeness (QED) is 0.445. The van der Waals surface area contributed by atoms with Gasteiger partial charge in [0.1, 0.15) is 6.54 Å². The van der Waals surface area contributed by atoms with Gasteiger partial charge in [-0.05, 0) is 24.6 Å². The second-order valence-corrected chi connectivity index (χ2v) is 7.76. The summed E-state index contributed by atoms with van der Waals surface area (Å²) in [7, 11) is 1.57. The summed E-state index contributed by atoms with van der Waals surface area (Å²) in [5.41, 5.74) is 1.91. The maximum absolute atomic E-state index is 13.3. The molecule has 1 amide bonds. The Balaban J connectivity index is 1.77. The van der Waals surface area contributed by atoms with E-state index in [0.29, 0.717) is 18.8 Å². The number of fused-ring (bicyclic) bond motifs is 1. The van der Waals surface area contributed by atoms with Crippen LogP contribution >= 0.6 is 0 Å². The van der Waals surface area contributed by atoms with E-state index >= 15 is 0 Å². The maximum atomic E-state index is 13.3. The molecule has 1 N–H and O–H groups in total. The Labute approximate surface area is 189 Å². The van der Waals surface area contributed by atoms with Gasteiger partial charge in [-0.1, -0.05) is 48.0 Å². The summed E-state index contributed by atoms with van der Waals surface area (Å²) in [6.07, 6.45) is 1.52. The molecule has 0 spiro atoms. The Bertz CT molecular complexity index is 1380. The summed E-state index contributed by atoms with van der Waals surface area (Å²) in [6, 6.07) is 16.7. The number of aryl methyl sites for hydroxylation is 1. The lowest BCUT2D eigenvalue weighted by Gasteiger charge is -2.13. The van der Waals surface area contributed by atoms with Crippen LogP contribution in [0.15, 0.2) is 70.5 Å². The fraction of sp³-hybridized carbons (Fsp3) is 0.250. The number of methoxy groups -OCH3 is 1. The topological polar surface area (TPSA) is 100 Å². The molecule has 9 nitrogen and oxygen atoms in total. The van der Waals surface area contributed by atoms with Gasteiger partial charge in [0, 0.05) is 19.3 Å². The largest absolute Gasteiger partial charge is 0.383 e. The van der Waals surface area contributed by atoms with Crippen molar-refractivity contribution in [3.05, 3.63) is 92.9 Å². The smallest absolute Gasteiger partial charge is 0.333 e. The number of nitrogens with zero attached hydrogens (tertiary/aromatic N) is 4. The van der Waals surface area contributed by atoms with Gasteiger partial charge in [-0.3, -0.25) is 14.2 Å². The lowest BCUT2D eigenvalue weighted by Crippen LogP contribution is -2.43. The predicted molar refractivity (Wildman–Crippen MR) is 125 cm³/mol. The summed E-state index contributed by atoms with van der Waals surface area (Å²) in [5.74, 6) is -0.466. The van der Waals surface area contributed by atoms with E-state index in [1.807, 2.05) is 49.4 Å². The van der Waals surface area contributed by atoms with Crippen molar-refractivity contribution in [2.75, 3.05) is 19.0 Å². The van der Waals surface area contributed by atoms with Crippen LogP contribution in [0.3, 0.4) is 0 Å². The molecule has 0 aliphatic heterocycles. The molecule has 0 fully saturated rings. The molecule has 4 rings (SSSR count). The van der Waals surface area contributed by atoms with Gasteiger partial charge in [0.15, 0.2) is 11.2 Å². The molecule has 2 aromatic heterocycles. The van der Waals surface area contributed by atoms with Crippen LogP contribution in [0.1, 0.15) is 11.1 Å². The van der Waals surface area contributed by atoms with E-state index in [0.717, 1.165) is 15.7 Å². The molecule has 9 heteroatoms. The molecular formula is C24H25N5O4. The summed E-state index contributed by atoms with van der Waals surface area (Å²) in [4.78, 5) is 43.7. The summed E-state index contributed by atoms with van der Waals surface area (Å²) in [5, 5.41) is 2.74. The fourth-order valence-electron chi connectivity index (χ4n) is 3.63. The van der Waals surface area contributed by atoms with Gasteiger partial charge in [0.25, 0.3) is 5.56 Å². The van der Waals surface area contributed by atoms with E-state index in [-0.39, 0.29) is 17.7 Å². The Morgan fingerprint density at radius 2 is 1.76 bits per heavy atom. The molecule has 0 unspecified atom stereocenters. The van der Waals surface area contributed by atoms with Crippen LogP contribution < -0.4 is 16.6 Å². The third-order valence-electron chi connectivity index (χ3n) is 5.34. The molecule has 4 aromatic rings. The molecule has 0 bridgehead atoms. The number of ether oxygens (including phenoxy) is 1. The highest BCUT2D eigenvalue weighted by molar-refractivity contribution is 5.90. The number of hydrogen-bond acceptors (Lipinski definition) is 5. The minimum absolute atomic E-state index is 0.220. The fourth-order valence-corrected chi connectivity index (χ4v) is 3.63. The standard InChI is InChI=1S/C24H25N5O4/c1-17-8-10-19(11-9-17)26-20(30)15-29-23(31)21-22(25-16-27(21)12-13-33-2)28(24(29)32)14-18-6-4-3-5-7-18/h3-11,16H,12-15H2,1-2H3,(H,26,30). The summed E-state index contributed by atoms with van der Waals surface area (Å²) < 4.78 is 9.17. The van der Waals surface area contributed by atoms with E-state index in [1.165, 1.54) is 10.9 Å². The van der Waals surface area contributed by atoms with Crippen molar-refractivity contribution in [1.82, 2.24) is 18.7 Å². The van der Waals surface area contributed by atoms with Crippen molar-refractivity contribution in [3.8, 4) is 0 Å². The summed E-state index contributed by atoms with van der Waals surface area (Å²) in [6.45, 7) is 2.52. The second-order valence-electron chi connectivity index (χ2n) is 7.76. The van der Waals surface area contributed by atoms with E-state index in [1.54, 1.807) is 23.8 Å². The zero-order chi connectivity index (χ0) is 23.4. The number of imidazole rings is 1. The Morgan fingerprint density at radius 3 is 2.45 bits per heavy atom. The molecule has 0 saturated carbocycles. The summed E-state index contributed by atoms with van der Waals surface area (Å²) >= 11 is 0. The number of anilines is 1. The molecule has 33 heavy (non-hydrogen) atoms. The van der Waals surface area contributed by atoms with Crippen molar-refractivity contribution >= 4 is 22.8 Å². The van der Waals surface area contributed by atoms with E-state index in [4.69, 9.17) is 4.74 Å². The first-order chi connectivity index (χ1) is 16.0. The van der Waals surface area contributed by atoms with Crippen LogP contribution in [0.25, 0.3) is 11.2 Å². The molecule has 170 valence electrons. The number of nitrogens with one attached hydrogen (secondary N) is 1. The van der Waals surface area contributed by atoms with Crippen LogP contribution in [0.4, 0.5) is 5.69 Å². The Kier molecular flexibility index (Phi) is 6.50. The normalized spacial score (nSPS) is 11.1. The van der Waals surface area contributed by atoms with Gasteiger partial charge >= 0.3 is 5.69 Å². The number of carbonyl (C=O) groups is 1. The van der Waals surface area contributed by atoms with Crippen molar-refractivity contribution in [3.63, 3.8) is 0 Å². The van der Waals surface area contributed by atoms with E-state index in [2.05, 4.69) is 10.3 Å². The number of benzene rings is 2. The van der Waals surface area contributed by atoms with Crippen LogP contribution in [-0.2, 0) is 29.2 Å². The minimum Gasteiger partial charge on any atom is -0.383 e. The lowest BCUT2D eigenvalue weighted by atomic mass is 10.2. The average molecular weight is 447 g/mol. The van der Waals surface area contributed by atoms with Gasteiger partial charge in [0.2, 0.25) is 5.91 Å². The first-order valence-electron chi connectivity index (χ1n) is 10.6. The molecule has 0 radical (unpaired) electrons. The first-order valence-corrected chi connectivity index (χ1v) is 10.6. The minimum atomic E-state index is -0.590. The zero-order valence-electron chi connectivity index (χ0n) is 18.5. The molecule has 0 aliphatic carbocycles. The highest BCUT2D eigenvalue weighted by atomic mass is 16.5. The van der Waals surface area contributed by atoms with Crippen LogP contribution in [-0.4, -0.2) is 38.3 Å². The van der Waals surface area contributed by atoms with Crippen LogP contribution in [0.2, 0.25) is 0 Å². The molecule has 2 aromatic carbocycles. The van der Waals surface area contributed by atoms with Gasteiger partial charge < -0.3 is 14.6 Å². The molecular weight excluding hydrogens is 422 g/mol. The number of aromatic nitrogens is 4. The molecule has 0 saturated heterocycles. The first kappa shape index (κ1) is 22.2. The Morgan fingerprint density at radius 1 is 1.03 bits per heavy atom. The molecule has 0 aliphatic rings. The number of carbonyl (C=O) groups excluding carboxylic acids is 1. The van der Waals surface area contributed by atoms with Crippen molar-refractivity contribution in [2.24, 2.45) is 0 Å². The third kappa shape index (κ3) is 4.78. The molecule has 2 heterocycles. The highest BCUT2D eigenvalue weighted by Crippen LogP contribution is 2.11. The zero-order valence-corrected chi connectivity index (χ0v) is 18.5. The monoisotopic (exact) mass is 447 g/mol. The highest BCUT2D eigenvalue weighted by Gasteiger charge is 2.20. The Hall–Kier alpha value is -3.98. The van der Waals surface area contributed by atoms with Crippen LogP contribution in [0.5, 0.6) is 0 Å². The van der Waals surface area contributed by atoms with Crippen molar-refractivity contribution in [1.29, 1.82) is 0 Å². The second kappa shape index (κ2) is 9.66. The van der Waals surface area contributed by atoms with Crippen LogP contribution in [0, 0.1) is 6.92 Å². The third-order valence-corrected chi connectivity index (χ3v) is 5.34. The number of amides is 1.